The minimum atomic E-state index is -0.387. The van der Waals surface area contributed by atoms with Crippen molar-refractivity contribution in [2.75, 3.05) is 7.11 Å². The van der Waals surface area contributed by atoms with Crippen molar-refractivity contribution in [3.8, 4) is 11.1 Å². The standard InChI is InChI=1S/C12H10N2O3/c1-17-12(15)10-4-2-9(3-5-10)11-6-13-8-14(16)7-11/h2-8H,1H3. The highest BCUT2D eigenvalue weighted by atomic mass is 16.5. The average molecular weight is 230 g/mol. The van der Waals surface area contributed by atoms with Crippen molar-refractivity contribution in [3.63, 3.8) is 0 Å². The maximum absolute atomic E-state index is 11.2. The van der Waals surface area contributed by atoms with Crippen LogP contribution in [0.15, 0.2) is 43.0 Å². The normalized spacial score (nSPS) is 9.94. The molecular formula is C12H10N2O3. The zero-order valence-corrected chi connectivity index (χ0v) is 9.16. The number of hydrogen-bond donors (Lipinski definition) is 0. The van der Waals surface area contributed by atoms with Crippen LogP contribution in [0.5, 0.6) is 0 Å². The Hall–Kier alpha value is -2.43. The third-order valence-corrected chi connectivity index (χ3v) is 2.30. The molecule has 1 aromatic heterocycles. The zero-order valence-electron chi connectivity index (χ0n) is 9.16. The van der Waals surface area contributed by atoms with Gasteiger partial charge in [0.1, 0.15) is 6.20 Å². The van der Waals surface area contributed by atoms with Gasteiger partial charge in [-0.3, -0.25) is 0 Å². The summed E-state index contributed by atoms with van der Waals surface area (Å²) in [6, 6.07) is 6.76. The van der Waals surface area contributed by atoms with Gasteiger partial charge < -0.3 is 9.94 Å². The number of nitrogens with zero attached hydrogens (tertiary/aromatic N) is 2. The summed E-state index contributed by atoms with van der Waals surface area (Å²) in [5.41, 5.74) is 1.98. The summed E-state index contributed by atoms with van der Waals surface area (Å²) >= 11 is 0. The third kappa shape index (κ3) is 2.39. The molecule has 5 heteroatoms. The quantitative estimate of drug-likeness (QED) is 0.441. The van der Waals surface area contributed by atoms with Gasteiger partial charge in [-0.1, -0.05) is 17.1 Å². The maximum Gasteiger partial charge on any atom is 0.337 e. The Morgan fingerprint density at radius 1 is 1.29 bits per heavy atom. The second-order valence-corrected chi connectivity index (χ2v) is 3.41. The highest BCUT2D eigenvalue weighted by molar-refractivity contribution is 5.89. The summed E-state index contributed by atoms with van der Waals surface area (Å²) in [4.78, 5) is 15.0. The lowest BCUT2D eigenvalue weighted by molar-refractivity contribution is -0.608. The topological polar surface area (TPSA) is 66.1 Å². The molecule has 0 N–H and O–H groups in total. The summed E-state index contributed by atoms with van der Waals surface area (Å²) in [5.74, 6) is -0.387. The van der Waals surface area contributed by atoms with Crippen molar-refractivity contribution < 1.29 is 14.3 Å². The number of hydrogen-bond acceptors (Lipinski definition) is 4. The van der Waals surface area contributed by atoms with E-state index in [1.54, 1.807) is 30.5 Å². The van der Waals surface area contributed by atoms with E-state index >= 15 is 0 Å². The molecule has 0 bridgehead atoms. The second-order valence-electron chi connectivity index (χ2n) is 3.41. The predicted molar refractivity (Wildman–Crippen MR) is 60.0 cm³/mol. The maximum atomic E-state index is 11.2. The van der Waals surface area contributed by atoms with Crippen LogP contribution in [0.3, 0.4) is 0 Å². The molecule has 2 rings (SSSR count). The van der Waals surface area contributed by atoms with Crippen LogP contribution < -0.4 is 4.73 Å². The first-order chi connectivity index (χ1) is 8.20. The highest BCUT2D eigenvalue weighted by Crippen LogP contribution is 2.17. The Bertz CT molecular complexity index is 538. The minimum Gasteiger partial charge on any atom is -0.711 e. The number of ether oxygens (including phenoxy) is 1. The number of methoxy groups -OCH3 is 1. The van der Waals surface area contributed by atoms with E-state index in [1.807, 2.05) is 0 Å². The summed E-state index contributed by atoms with van der Waals surface area (Å²) in [5, 5.41) is 11.1. The lowest BCUT2D eigenvalue weighted by Gasteiger charge is -2.03. The van der Waals surface area contributed by atoms with Gasteiger partial charge in [0.15, 0.2) is 6.20 Å². The summed E-state index contributed by atoms with van der Waals surface area (Å²) in [6.45, 7) is 0. The van der Waals surface area contributed by atoms with Gasteiger partial charge in [-0.25, -0.2) is 9.52 Å². The fourth-order valence-corrected chi connectivity index (χ4v) is 1.45. The van der Waals surface area contributed by atoms with Gasteiger partial charge in [0.05, 0.1) is 18.2 Å². The van der Waals surface area contributed by atoms with Gasteiger partial charge in [0.25, 0.3) is 6.33 Å². The molecule has 0 aliphatic carbocycles. The third-order valence-electron chi connectivity index (χ3n) is 2.30. The molecule has 0 saturated carbocycles. The van der Waals surface area contributed by atoms with Gasteiger partial charge in [-0.05, 0) is 17.7 Å². The van der Waals surface area contributed by atoms with Gasteiger partial charge in [0.2, 0.25) is 0 Å². The van der Waals surface area contributed by atoms with E-state index in [9.17, 15) is 10.0 Å². The molecule has 86 valence electrons. The first kappa shape index (κ1) is 11.1. The smallest absolute Gasteiger partial charge is 0.337 e. The lowest BCUT2D eigenvalue weighted by Crippen LogP contribution is -2.25. The molecule has 0 aliphatic heterocycles. The van der Waals surface area contributed by atoms with Gasteiger partial charge in [-0.2, -0.15) is 0 Å². The van der Waals surface area contributed by atoms with Crippen LogP contribution in [0.2, 0.25) is 0 Å². The van der Waals surface area contributed by atoms with Gasteiger partial charge in [0, 0.05) is 0 Å². The fourth-order valence-electron chi connectivity index (χ4n) is 1.45. The van der Waals surface area contributed by atoms with E-state index in [0.717, 1.165) is 5.56 Å². The number of esters is 1. The van der Waals surface area contributed by atoms with E-state index in [2.05, 4.69) is 9.72 Å². The van der Waals surface area contributed by atoms with Crippen molar-refractivity contribution in [2.45, 2.75) is 0 Å². The van der Waals surface area contributed by atoms with E-state index in [1.165, 1.54) is 19.6 Å². The Balaban J connectivity index is 2.32. The van der Waals surface area contributed by atoms with Crippen LogP contribution >= 0.6 is 0 Å². The average Bonchev–Trinajstić information content (AvgIpc) is 2.38. The van der Waals surface area contributed by atoms with Crippen LogP contribution in [0.4, 0.5) is 0 Å². The molecule has 1 heterocycles. The van der Waals surface area contributed by atoms with E-state index in [4.69, 9.17) is 0 Å². The molecule has 0 unspecified atom stereocenters. The zero-order chi connectivity index (χ0) is 12.3. The molecule has 0 spiro atoms. The van der Waals surface area contributed by atoms with Crippen LogP contribution in [0, 0.1) is 5.21 Å². The number of aromatic nitrogens is 2. The molecule has 0 radical (unpaired) electrons. The van der Waals surface area contributed by atoms with Crippen LogP contribution in [-0.2, 0) is 4.74 Å². The first-order valence-electron chi connectivity index (χ1n) is 4.93. The minimum absolute atomic E-state index is 0.387. The molecular weight excluding hydrogens is 220 g/mol. The Morgan fingerprint density at radius 3 is 2.59 bits per heavy atom. The monoisotopic (exact) mass is 230 g/mol. The first-order valence-corrected chi connectivity index (χ1v) is 4.93. The van der Waals surface area contributed by atoms with Crippen molar-refractivity contribution in [3.05, 3.63) is 53.8 Å². The number of carbonyl (C=O) groups excluding carboxylic acids is 1. The number of rotatable bonds is 2. The molecule has 5 nitrogen and oxygen atoms in total. The van der Waals surface area contributed by atoms with Crippen molar-refractivity contribution in [1.29, 1.82) is 0 Å². The molecule has 2 aromatic rings. The Labute approximate surface area is 97.9 Å². The summed E-state index contributed by atoms with van der Waals surface area (Å²) < 4.78 is 5.22. The van der Waals surface area contributed by atoms with Crippen molar-refractivity contribution in [1.82, 2.24) is 4.98 Å². The highest BCUT2D eigenvalue weighted by Gasteiger charge is 2.06. The second kappa shape index (κ2) is 4.61. The molecule has 0 saturated heterocycles. The largest absolute Gasteiger partial charge is 0.711 e. The lowest BCUT2D eigenvalue weighted by atomic mass is 10.1. The number of carbonyl (C=O) groups is 1. The molecule has 17 heavy (non-hydrogen) atoms. The van der Waals surface area contributed by atoms with E-state index < -0.39 is 0 Å². The van der Waals surface area contributed by atoms with Gasteiger partial charge >= 0.3 is 5.97 Å². The van der Waals surface area contributed by atoms with E-state index in [0.29, 0.717) is 15.9 Å². The molecule has 0 fully saturated rings. The van der Waals surface area contributed by atoms with Crippen LogP contribution in [0.25, 0.3) is 11.1 Å². The van der Waals surface area contributed by atoms with Crippen LogP contribution in [-0.4, -0.2) is 18.1 Å². The van der Waals surface area contributed by atoms with E-state index in [-0.39, 0.29) is 5.97 Å². The molecule has 1 aromatic carbocycles. The fraction of sp³-hybridized carbons (Fsp3) is 0.0833. The molecule has 0 amide bonds. The van der Waals surface area contributed by atoms with Gasteiger partial charge in [-0.15, -0.1) is 0 Å². The van der Waals surface area contributed by atoms with Crippen LogP contribution in [0.1, 0.15) is 10.4 Å². The SMILES string of the molecule is COC(=O)c1ccc(-c2cnc[n+]([O-])c2)cc1. The Morgan fingerprint density at radius 2 is 2.00 bits per heavy atom. The number of benzene rings is 1. The summed E-state index contributed by atoms with van der Waals surface area (Å²) in [6.07, 6.45) is 4.17. The van der Waals surface area contributed by atoms with Crippen molar-refractivity contribution in [2.24, 2.45) is 0 Å². The van der Waals surface area contributed by atoms with Crippen molar-refractivity contribution >= 4 is 5.97 Å². The Kier molecular flexibility index (Phi) is 3.00. The molecule has 0 atom stereocenters. The molecule has 0 aliphatic rings. The predicted octanol–water partition coefficient (Wildman–Crippen LogP) is 1.17. The summed E-state index contributed by atoms with van der Waals surface area (Å²) in [7, 11) is 1.33.